The summed E-state index contributed by atoms with van der Waals surface area (Å²) in [5.41, 5.74) is 0.658. The number of carboxylic acids is 1. The number of para-hydroxylation sites is 1. The first-order chi connectivity index (χ1) is 12.4. The Morgan fingerprint density at radius 1 is 1.19 bits per heavy atom. The van der Waals surface area contributed by atoms with Crippen molar-refractivity contribution in [3.05, 3.63) is 29.3 Å². The normalized spacial score (nSPS) is 26.0. The van der Waals surface area contributed by atoms with Crippen LogP contribution in [0.2, 0.25) is 5.02 Å². The molecule has 3 unspecified atom stereocenters. The quantitative estimate of drug-likeness (QED) is 0.873. The zero-order valence-corrected chi connectivity index (χ0v) is 15.5. The zero-order chi connectivity index (χ0) is 18.8. The number of carbonyl (C=O) groups is 3. The highest BCUT2D eigenvalue weighted by molar-refractivity contribution is 6.34. The van der Waals surface area contributed by atoms with E-state index in [0.717, 1.165) is 6.42 Å². The monoisotopic (exact) mass is 378 g/mol. The Labute approximate surface area is 157 Å². The van der Waals surface area contributed by atoms with Crippen molar-refractivity contribution < 1.29 is 19.5 Å². The number of benzene rings is 1. The van der Waals surface area contributed by atoms with Crippen molar-refractivity contribution in [3.8, 4) is 0 Å². The van der Waals surface area contributed by atoms with Crippen LogP contribution in [0.3, 0.4) is 0 Å². The van der Waals surface area contributed by atoms with Gasteiger partial charge in [0.2, 0.25) is 11.8 Å². The Morgan fingerprint density at radius 3 is 2.58 bits per heavy atom. The first-order valence-corrected chi connectivity index (χ1v) is 9.33. The molecule has 1 aromatic rings. The van der Waals surface area contributed by atoms with Gasteiger partial charge in [-0.05, 0) is 37.8 Å². The maximum Gasteiger partial charge on any atom is 0.306 e. The van der Waals surface area contributed by atoms with Crippen molar-refractivity contribution in [2.75, 3.05) is 18.5 Å². The van der Waals surface area contributed by atoms with Crippen LogP contribution >= 0.6 is 11.6 Å². The van der Waals surface area contributed by atoms with E-state index in [-0.39, 0.29) is 17.7 Å². The summed E-state index contributed by atoms with van der Waals surface area (Å²) >= 11 is 6.20. The standard InChI is InChI=1S/C19H23ClN2O4/c1-21(17(23)12-5-4-6-13(11-12)19(25)26)16-9-10-22(18(16)24)15-8-3-2-7-14(15)20/h2-3,7-8,12-13,16H,4-6,9-11H2,1H3,(H,25,26). The highest BCUT2D eigenvalue weighted by Crippen LogP contribution is 2.33. The van der Waals surface area contributed by atoms with Gasteiger partial charge in [-0.3, -0.25) is 14.4 Å². The number of halogens is 1. The number of likely N-dealkylation sites (N-methyl/N-ethyl adjacent to an activating group) is 1. The molecule has 1 aliphatic carbocycles. The summed E-state index contributed by atoms with van der Waals surface area (Å²) in [6.07, 6.45) is 2.92. The minimum Gasteiger partial charge on any atom is -0.481 e. The molecule has 140 valence electrons. The summed E-state index contributed by atoms with van der Waals surface area (Å²) in [4.78, 5) is 40.0. The van der Waals surface area contributed by atoms with Gasteiger partial charge >= 0.3 is 5.97 Å². The maximum absolute atomic E-state index is 12.8. The Hall–Kier alpha value is -2.08. The Morgan fingerprint density at radius 2 is 1.88 bits per heavy atom. The van der Waals surface area contributed by atoms with Gasteiger partial charge in [-0.1, -0.05) is 30.2 Å². The number of anilines is 1. The second-order valence-electron chi connectivity index (χ2n) is 7.09. The molecule has 1 heterocycles. The molecule has 1 aromatic carbocycles. The average molecular weight is 379 g/mol. The Kier molecular flexibility index (Phi) is 5.51. The fourth-order valence-corrected chi connectivity index (χ4v) is 4.25. The summed E-state index contributed by atoms with van der Waals surface area (Å²) in [7, 11) is 1.64. The fourth-order valence-electron chi connectivity index (χ4n) is 4.01. The van der Waals surface area contributed by atoms with Crippen LogP contribution in [0, 0.1) is 11.8 Å². The summed E-state index contributed by atoms with van der Waals surface area (Å²) in [5.74, 6) is -1.90. The van der Waals surface area contributed by atoms with E-state index in [4.69, 9.17) is 11.6 Å². The number of amides is 2. The van der Waals surface area contributed by atoms with Crippen molar-refractivity contribution in [1.82, 2.24) is 4.90 Å². The second-order valence-corrected chi connectivity index (χ2v) is 7.50. The van der Waals surface area contributed by atoms with Gasteiger partial charge in [-0.2, -0.15) is 0 Å². The van der Waals surface area contributed by atoms with Gasteiger partial charge in [0.05, 0.1) is 16.6 Å². The molecule has 26 heavy (non-hydrogen) atoms. The molecular formula is C19H23ClN2O4. The van der Waals surface area contributed by atoms with Crippen LogP contribution in [-0.2, 0) is 14.4 Å². The molecule has 2 fully saturated rings. The van der Waals surface area contributed by atoms with Gasteiger partial charge in [-0.15, -0.1) is 0 Å². The number of carbonyl (C=O) groups excluding carboxylic acids is 2. The van der Waals surface area contributed by atoms with Gasteiger partial charge in [0.25, 0.3) is 0 Å². The van der Waals surface area contributed by atoms with Crippen LogP contribution in [0.4, 0.5) is 5.69 Å². The molecule has 7 heteroatoms. The number of hydrogen-bond donors (Lipinski definition) is 1. The Balaban J connectivity index is 1.69. The molecule has 1 saturated heterocycles. The highest BCUT2D eigenvalue weighted by atomic mass is 35.5. The largest absolute Gasteiger partial charge is 0.481 e. The van der Waals surface area contributed by atoms with Crippen LogP contribution in [0.25, 0.3) is 0 Å². The van der Waals surface area contributed by atoms with Crippen molar-refractivity contribution >= 4 is 35.1 Å². The molecule has 1 saturated carbocycles. The summed E-state index contributed by atoms with van der Waals surface area (Å²) in [6.45, 7) is 0.507. The molecule has 0 bridgehead atoms. The lowest BCUT2D eigenvalue weighted by atomic mass is 9.80. The third-order valence-electron chi connectivity index (χ3n) is 5.51. The molecule has 3 rings (SSSR count). The van der Waals surface area contributed by atoms with E-state index in [9.17, 15) is 19.5 Å². The Bertz CT molecular complexity index is 723. The smallest absolute Gasteiger partial charge is 0.306 e. The molecule has 3 atom stereocenters. The van der Waals surface area contributed by atoms with Gasteiger partial charge in [0, 0.05) is 19.5 Å². The van der Waals surface area contributed by atoms with E-state index in [2.05, 4.69) is 0 Å². The topological polar surface area (TPSA) is 77.9 Å². The van der Waals surface area contributed by atoms with Gasteiger partial charge in [-0.25, -0.2) is 0 Å². The maximum atomic E-state index is 12.8. The zero-order valence-electron chi connectivity index (χ0n) is 14.7. The van der Waals surface area contributed by atoms with Crippen LogP contribution in [0.15, 0.2) is 24.3 Å². The predicted octanol–water partition coefficient (Wildman–Crippen LogP) is 2.79. The van der Waals surface area contributed by atoms with E-state index in [0.29, 0.717) is 42.9 Å². The van der Waals surface area contributed by atoms with Crippen LogP contribution in [0.5, 0.6) is 0 Å². The third-order valence-corrected chi connectivity index (χ3v) is 5.83. The summed E-state index contributed by atoms with van der Waals surface area (Å²) in [5, 5.41) is 9.73. The minimum atomic E-state index is -0.841. The molecule has 0 radical (unpaired) electrons. The van der Waals surface area contributed by atoms with E-state index >= 15 is 0 Å². The predicted molar refractivity (Wildman–Crippen MR) is 98.1 cm³/mol. The fraction of sp³-hybridized carbons (Fsp3) is 0.526. The minimum absolute atomic E-state index is 0.129. The SMILES string of the molecule is CN(C(=O)C1CCCC(C(=O)O)C1)C1CCN(c2ccccc2Cl)C1=O. The lowest BCUT2D eigenvalue weighted by Gasteiger charge is -2.31. The number of carboxylic acid groups (broad SMARTS) is 1. The molecule has 2 aliphatic rings. The molecule has 0 spiro atoms. The molecule has 2 amide bonds. The van der Waals surface area contributed by atoms with Crippen LogP contribution in [-0.4, -0.2) is 47.4 Å². The molecular weight excluding hydrogens is 356 g/mol. The van der Waals surface area contributed by atoms with Crippen molar-refractivity contribution in [2.24, 2.45) is 11.8 Å². The van der Waals surface area contributed by atoms with E-state index in [1.54, 1.807) is 24.1 Å². The number of nitrogens with zero attached hydrogens (tertiary/aromatic N) is 2. The van der Waals surface area contributed by atoms with Gasteiger partial charge < -0.3 is 14.9 Å². The van der Waals surface area contributed by atoms with Crippen LogP contribution in [0.1, 0.15) is 32.1 Å². The average Bonchev–Trinajstić information content (AvgIpc) is 3.02. The van der Waals surface area contributed by atoms with Gasteiger partial charge in [0.15, 0.2) is 0 Å². The molecule has 6 nitrogen and oxygen atoms in total. The third kappa shape index (κ3) is 3.56. The number of rotatable bonds is 4. The van der Waals surface area contributed by atoms with Crippen molar-refractivity contribution in [2.45, 2.75) is 38.1 Å². The van der Waals surface area contributed by atoms with E-state index in [1.807, 2.05) is 12.1 Å². The summed E-state index contributed by atoms with van der Waals surface area (Å²) < 4.78 is 0. The van der Waals surface area contributed by atoms with E-state index < -0.39 is 17.9 Å². The summed E-state index contributed by atoms with van der Waals surface area (Å²) in [6, 6.07) is 6.64. The lowest BCUT2D eigenvalue weighted by Crippen LogP contribution is -2.46. The first-order valence-electron chi connectivity index (χ1n) is 8.95. The number of aliphatic carboxylic acids is 1. The van der Waals surface area contributed by atoms with Crippen molar-refractivity contribution in [1.29, 1.82) is 0 Å². The first kappa shape index (κ1) is 18.7. The second kappa shape index (κ2) is 7.66. The van der Waals surface area contributed by atoms with E-state index in [1.165, 1.54) is 4.90 Å². The number of hydrogen-bond acceptors (Lipinski definition) is 3. The molecule has 1 N–H and O–H groups in total. The molecule has 1 aliphatic heterocycles. The van der Waals surface area contributed by atoms with Gasteiger partial charge in [0.1, 0.15) is 6.04 Å². The molecule has 0 aromatic heterocycles. The van der Waals surface area contributed by atoms with Crippen LogP contribution < -0.4 is 4.90 Å². The lowest BCUT2D eigenvalue weighted by molar-refractivity contribution is -0.146. The highest BCUT2D eigenvalue weighted by Gasteiger charge is 2.40. The van der Waals surface area contributed by atoms with Crippen molar-refractivity contribution in [3.63, 3.8) is 0 Å².